The maximum Gasteiger partial charge on any atom is 0.255 e. The third-order valence-corrected chi connectivity index (χ3v) is 6.98. The molecule has 1 unspecified atom stereocenters. The Morgan fingerprint density at radius 3 is 2.53 bits per heavy atom. The molecule has 6 rings (SSSR count). The Bertz CT molecular complexity index is 1330. The van der Waals surface area contributed by atoms with Crippen LogP contribution in [0, 0.1) is 0 Å². The summed E-state index contributed by atoms with van der Waals surface area (Å²) in [5.41, 5.74) is 5.58. The number of benzene rings is 2. The number of nitrogens with one attached hydrogen (secondary N) is 1. The average Bonchev–Trinajstić information content (AvgIpc) is 3.30. The van der Waals surface area contributed by atoms with Crippen LogP contribution in [0.5, 0.6) is 0 Å². The second-order valence-electron chi connectivity index (χ2n) is 9.10. The largest absolute Gasteiger partial charge is 0.380 e. The van der Waals surface area contributed by atoms with Gasteiger partial charge < -0.3 is 14.2 Å². The minimum atomic E-state index is -0.621. The molecule has 8 nitrogen and oxygen atoms in total. The smallest absolute Gasteiger partial charge is 0.255 e. The van der Waals surface area contributed by atoms with E-state index in [0.29, 0.717) is 31.7 Å². The lowest BCUT2D eigenvalue weighted by Crippen LogP contribution is -2.52. The van der Waals surface area contributed by atoms with Gasteiger partial charge in [-0.15, -0.1) is 0 Å². The lowest BCUT2D eigenvalue weighted by atomic mass is 9.98. The van der Waals surface area contributed by atoms with E-state index in [1.54, 1.807) is 4.90 Å². The minimum Gasteiger partial charge on any atom is -0.380 e. The molecule has 172 valence electrons. The third-order valence-electron chi connectivity index (χ3n) is 6.98. The quantitative estimate of drug-likeness (QED) is 0.610. The molecule has 4 heterocycles. The summed E-state index contributed by atoms with van der Waals surface area (Å²) >= 11 is 0. The van der Waals surface area contributed by atoms with Gasteiger partial charge in [0.25, 0.3) is 5.91 Å². The van der Waals surface area contributed by atoms with Crippen LogP contribution in [0.15, 0.2) is 48.5 Å². The van der Waals surface area contributed by atoms with Crippen molar-refractivity contribution in [3.05, 3.63) is 65.4 Å². The van der Waals surface area contributed by atoms with Crippen LogP contribution in [0.25, 0.3) is 22.6 Å². The highest BCUT2D eigenvalue weighted by molar-refractivity contribution is 6.05. The highest BCUT2D eigenvalue weighted by atomic mass is 16.5. The summed E-state index contributed by atoms with van der Waals surface area (Å²) in [6.07, 6.45) is 0.592. The Labute approximate surface area is 196 Å². The monoisotopic (exact) mass is 456 g/mol. The first kappa shape index (κ1) is 20.8. The van der Waals surface area contributed by atoms with Crippen molar-refractivity contribution in [2.75, 3.05) is 13.2 Å². The summed E-state index contributed by atoms with van der Waals surface area (Å²) in [5, 5.41) is 2.35. The number of rotatable bonds is 4. The number of nitrogens with zero attached hydrogens (tertiary/aromatic N) is 3. The van der Waals surface area contributed by atoms with E-state index >= 15 is 0 Å². The van der Waals surface area contributed by atoms with Crippen molar-refractivity contribution >= 4 is 17.7 Å². The van der Waals surface area contributed by atoms with Gasteiger partial charge in [-0.1, -0.05) is 36.4 Å². The highest BCUT2D eigenvalue weighted by Gasteiger charge is 2.39. The molecule has 0 saturated carbocycles. The standard InChI is InChI=1S/C26H24N4O4/c1-29-23(15-5-3-2-4-6-15)22(18-13-34-14-18)28-24(29)16-7-8-19-17(11-16)12-30(26(19)33)20-9-10-21(31)27-25(20)32/h2-8,11,18,20H,9-10,12-14H2,1H3,(H,27,31,32). The van der Waals surface area contributed by atoms with Crippen molar-refractivity contribution in [1.82, 2.24) is 19.8 Å². The molecular weight excluding hydrogens is 432 g/mol. The van der Waals surface area contributed by atoms with Crippen LogP contribution in [-0.4, -0.2) is 51.4 Å². The Hall–Kier alpha value is -3.78. The molecule has 1 aromatic heterocycles. The molecular formula is C26H24N4O4. The zero-order valence-electron chi connectivity index (χ0n) is 18.8. The van der Waals surface area contributed by atoms with E-state index in [2.05, 4.69) is 22.0 Å². The summed E-state index contributed by atoms with van der Waals surface area (Å²) < 4.78 is 7.56. The van der Waals surface area contributed by atoms with Gasteiger partial charge in [0.1, 0.15) is 11.9 Å². The minimum absolute atomic E-state index is 0.173. The van der Waals surface area contributed by atoms with Crippen LogP contribution in [0.4, 0.5) is 0 Å². The Morgan fingerprint density at radius 2 is 1.82 bits per heavy atom. The number of piperidine rings is 1. The number of ether oxygens (including phenoxy) is 1. The number of hydrogen-bond donors (Lipinski definition) is 1. The molecule has 0 bridgehead atoms. The van der Waals surface area contributed by atoms with Gasteiger partial charge in [-0.2, -0.15) is 0 Å². The van der Waals surface area contributed by atoms with E-state index in [4.69, 9.17) is 9.72 Å². The number of imide groups is 1. The summed E-state index contributed by atoms with van der Waals surface area (Å²) in [7, 11) is 2.02. The van der Waals surface area contributed by atoms with Crippen molar-refractivity contribution in [3.63, 3.8) is 0 Å². The predicted molar refractivity (Wildman–Crippen MR) is 124 cm³/mol. The molecule has 0 spiro atoms. The van der Waals surface area contributed by atoms with E-state index in [-0.39, 0.29) is 24.2 Å². The molecule has 2 saturated heterocycles. The van der Waals surface area contributed by atoms with Crippen LogP contribution < -0.4 is 5.32 Å². The lowest BCUT2D eigenvalue weighted by Gasteiger charge is -2.29. The molecule has 0 radical (unpaired) electrons. The average molecular weight is 457 g/mol. The SMILES string of the molecule is Cn1c(-c2ccc3c(c2)CN(C2CCC(=O)NC2=O)C3=O)nc(C2COC2)c1-c1ccccc1. The highest BCUT2D eigenvalue weighted by Crippen LogP contribution is 2.37. The van der Waals surface area contributed by atoms with Gasteiger partial charge in [0.15, 0.2) is 0 Å². The Balaban J connectivity index is 1.36. The number of imidazole rings is 1. The topological polar surface area (TPSA) is 93.5 Å². The first-order chi connectivity index (χ1) is 16.5. The zero-order valence-corrected chi connectivity index (χ0v) is 18.8. The van der Waals surface area contributed by atoms with Gasteiger partial charge in [-0.05, 0) is 24.1 Å². The van der Waals surface area contributed by atoms with E-state index in [0.717, 1.165) is 33.9 Å². The first-order valence-electron chi connectivity index (χ1n) is 11.5. The normalized spacial score (nSPS) is 20.3. The number of carbonyl (C=O) groups is 3. The summed E-state index contributed by atoms with van der Waals surface area (Å²) in [6, 6.07) is 15.3. The van der Waals surface area contributed by atoms with Gasteiger partial charge in [-0.25, -0.2) is 4.98 Å². The molecule has 2 aromatic carbocycles. The molecule has 0 aliphatic carbocycles. The Morgan fingerprint density at radius 1 is 1.03 bits per heavy atom. The van der Waals surface area contributed by atoms with E-state index in [1.165, 1.54) is 0 Å². The fourth-order valence-electron chi connectivity index (χ4n) is 5.11. The maximum atomic E-state index is 13.0. The summed E-state index contributed by atoms with van der Waals surface area (Å²) in [5.74, 6) is 0.226. The van der Waals surface area contributed by atoms with Crippen LogP contribution in [-0.2, 0) is 27.9 Å². The van der Waals surface area contributed by atoms with Gasteiger partial charge in [0.05, 0.1) is 30.5 Å². The molecule has 8 heteroatoms. The second kappa shape index (κ2) is 7.92. The molecule has 3 aliphatic heterocycles. The number of amides is 3. The zero-order chi connectivity index (χ0) is 23.4. The van der Waals surface area contributed by atoms with E-state index in [1.807, 2.05) is 43.4 Å². The maximum absolute atomic E-state index is 13.0. The van der Waals surface area contributed by atoms with Crippen molar-refractivity contribution in [1.29, 1.82) is 0 Å². The molecule has 1 N–H and O–H groups in total. The molecule has 1 atom stereocenters. The fourth-order valence-corrected chi connectivity index (χ4v) is 5.11. The van der Waals surface area contributed by atoms with Crippen LogP contribution in [0.3, 0.4) is 0 Å². The molecule has 3 aromatic rings. The van der Waals surface area contributed by atoms with Crippen molar-refractivity contribution in [3.8, 4) is 22.6 Å². The molecule has 3 aliphatic rings. The number of hydrogen-bond acceptors (Lipinski definition) is 5. The third kappa shape index (κ3) is 3.25. The number of fused-ring (bicyclic) bond motifs is 1. The van der Waals surface area contributed by atoms with E-state index < -0.39 is 11.9 Å². The van der Waals surface area contributed by atoms with Crippen molar-refractivity contribution in [2.45, 2.75) is 31.3 Å². The van der Waals surface area contributed by atoms with Crippen molar-refractivity contribution in [2.24, 2.45) is 7.05 Å². The van der Waals surface area contributed by atoms with Gasteiger partial charge in [0.2, 0.25) is 11.8 Å². The van der Waals surface area contributed by atoms with Gasteiger partial charge in [-0.3, -0.25) is 19.7 Å². The predicted octanol–water partition coefficient (Wildman–Crippen LogP) is 2.63. The Kier molecular flexibility index (Phi) is 4.84. The van der Waals surface area contributed by atoms with Gasteiger partial charge in [0, 0.05) is 36.7 Å². The van der Waals surface area contributed by atoms with Crippen molar-refractivity contribution < 1.29 is 19.1 Å². The summed E-state index contributed by atoms with van der Waals surface area (Å²) in [6.45, 7) is 1.67. The van der Waals surface area contributed by atoms with E-state index in [9.17, 15) is 14.4 Å². The van der Waals surface area contributed by atoms with Crippen LogP contribution >= 0.6 is 0 Å². The first-order valence-corrected chi connectivity index (χ1v) is 11.5. The van der Waals surface area contributed by atoms with Crippen LogP contribution in [0.2, 0.25) is 0 Å². The number of carbonyl (C=O) groups excluding carboxylic acids is 3. The number of aromatic nitrogens is 2. The fraction of sp³-hybridized carbons (Fsp3) is 0.308. The lowest BCUT2D eigenvalue weighted by molar-refractivity contribution is -0.136. The molecule has 3 amide bonds. The second-order valence-corrected chi connectivity index (χ2v) is 9.10. The van der Waals surface area contributed by atoms with Gasteiger partial charge >= 0.3 is 0 Å². The summed E-state index contributed by atoms with van der Waals surface area (Å²) in [4.78, 5) is 43.5. The molecule has 34 heavy (non-hydrogen) atoms. The van der Waals surface area contributed by atoms with Crippen LogP contribution in [0.1, 0.15) is 40.4 Å². The molecule has 2 fully saturated rings.